The molecule has 0 amide bonds. The van der Waals surface area contributed by atoms with Crippen LogP contribution < -0.4 is 0 Å². The minimum absolute atomic E-state index is 0.115. The maximum atomic E-state index is 2.39. The first kappa shape index (κ1) is 13.3. The van der Waals surface area contributed by atoms with Gasteiger partial charge >= 0.3 is 0 Å². The summed E-state index contributed by atoms with van der Waals surface area (Å²) in [5.74, 6) is 1.16. The molecule has 0 aromatic heterocycles. The SMILES string of the molecule is CC1C(c2ccccc2)C1(c1ccccc1)c1ccccc1. The van der Waals surface area contributed by atoms with E-state index in [2.05, 4.69) is 97.9 Å². The number of hydrogen-bond donors (Lipinski definition) is 0. The van der Waals surface area contributed by atoms with Crippen molar-refractivity contribution in [2.24, 2.45) is 5.92 Å². The Kier molecular flexibility index (Phi) is 3.11. The maximum absolute atomic E-state index is 2.39. The molecule has 3 aromatic rings. The van der Waals surface area contributed by atoms with Crippen molar-refractivity contribution < 1.29 is 0 Å². The second-order valence-corrected chi connectivity index (χ2v) is 6.28. The Morgan fingerprint density at radius 2 is 1.00 bits per heavy atom. The summed E-state index contributed by atoms with van der Waals surface area (Å²) < 4.78 is 0. The zero-order valence-electron chi connectivity index (χ0n) is 12.8. The highest BCUT2D eigenvalue weighted by Crippen LogP contribution is 2.68. The molecule has 1 fully saturated rings. The van der Waals surface area contributed by atoms with Crippen molar-refractivity contribution in [2.75, 3.05) is 0 Å². The van der Waals surface area contributed by atoms with Crippen LogP contribution in [0.3, 0.4) is 0 Å². The van der Waals surface area contributed by atoms with E-state index in [1.807, 2.05) is 0 Å². The maximum Gasteiger partial charge on any atom is 0.0306 e. The van der Waals surface area contributed by atoms with Crippen LogP contribution in [0.25, 0.3) is 0 Å². The van der Waals surface area contributed by atoms with Crippen molar-refractivity contribution in [3.63, 3.8) is 0 Å². The molecular weight excluding hydrogens is 264 g/mol. The van der Waals surface area contributed by atoms with Crippen molar-refractivity contribution in [1.29, 1.82) is 0 Å². The number of hydrogen-bond acceptors (Lipinski definition) is 0. The highest BCUT2D eigenvalue weighted by molar-refractivity contribution is 5.55. The summed E-state index contributed by atoms with van der Waals surface area (Å²) in [6.45, 7) is 2.39. The molecular formula is C22H20. The van der Waals surface area contributed by atoms with E-state index in [1.165, 1.54) is 16.7 Å². The van der Waals surface area contributed by atoms with E-state index < -0.39 is 0 Å². The van der Waals surface area contributed by atoms with Crippen LogP contribution >= 0.6 is 0 Å². The molecule has 0 nitrogen and oxygen atoms in total. The predicted octanol–water partition coefficient (Wildman–Crippen LogP) is 5.41. The van der Waals surface area contributed by atoms with Gasteiger partial charge < -0.3 is 0 Å². The molecule has 2 unspecified atom stereocenters. The molecule has 108 valence electrons. The van der Waals surface area contributed by atoms with Gasteiger partial charge in [0.15, 0.2) is 0 Å². The van der Waals surface area contributed by atoms with Gasteiger partial charge in [-0.1, -0.05) is 97.9 Å². The van der Waals surface area contributed by atoms with Crippen molar-refractivity contribution in [2.45, 2.75) is 18.3 Å². The highest BCUT2D eigenvalue weighted by Gasteiger charge is 2.63. The molecule has 1 aliphatic rings. The lowest BCUT2D eigenvalue weighted by Crippen LogP contribution is -2.13. The van der Waals surface area contributed by atoms with Gasteiger partial charge in [-0.25, -0.2) is 0 Å². The van der Waals surface area contributed by atoms with Crippen LogP contribution in [-0.2, 0) is 5.41 Å². The summed E-state index contributed by atoms with van der Waals surface area (Å²) in [7, 11) is 0. The van der Waals surface area contributed by atoms with Gasteiger partial charge in [0.25, 0.3) is 0 Å². The Morgan fingerprint density at radius 1 is 0.591 bits per heavy atom. The molecule has 1 saturated carbocycles. The monoisotopic (exact) mass is 284 g/mol. The third kappa shape index (κ3) is 1.84. The van der Waals surface area contributed by atoms with Crippen LogP contribution in [-0.4, -0.2) is 0 Å². The van der Waals surface area contributed by atoms with E-state index in [-0.39, 0.29) is 5.41 Å². The normalized spacial score (nSPS) is 22.2. The minimum Gasteiger partial charge on any atom is -0.0622 e. The van der Waals surface area contributed by atoms with E-state index in [1.54, 1.807) is 0 Å². The third-order valence-electron chi connectivity index (χ3n) is 5.26. The first-order valence-electron chi connectivity index (χ1n) is 8.01. The number of benzene rings is 3. The quantitative estimate of drug-likeness (QED) is 0.603. The van der Waals surface area contributed by atoms with Crippen LogP contribution in [0.2, 0.25) is 0 Å². The standard InChI is InChI=1S/C22H20/c1-17-21(18-11-5-2-6-12-18)22(17,19-13-7-3-8-14-19)20-15-9-4-10-16-20/h2-17,21H,1H3. The van der Waals surface area contributed by atoms with Crippen molar-refractivity contribution in [3.8, 4) is 0 Å². The Hall–Kier alpha value is -2.34. The fourth-order valence-electron chi connectivity index (χ4n) is 4.25. The van der Waals surface area contributed by atoms with E-state index in [9.17, 15) is 0 Å². The second-order valence-electron chi connectivity index (χ2n) is 6.28. The summed E-state index contributed by atoms with van der Waals surface area (Å²) in [5, 5.41) is 0. The van der Waals surface area contributed by atoms with Gasteiger partial charge in [0.1, 0.15) is 0 Å². The molecule has 4 rings (SSSR count). The van der Waals surface area contributed by atoms with Gasteiger partial charge in [-0.05, 0) is 22.6 Å². The molecule has 3 aromatic carbocycles. The van der Waals surface area contributed by atoms with Crippen LogP contribution in [0.1, 0.15) is 29.5 Å². The van der Waals surface area contributed by atoms with Crippen LogP contribution in [0.15, 0.2) is 91.0 Å². The lowest BCUT2D eigenvalue weighted by molar-refractivity contribution is 0.745. The molecule has 0 aliphatic heterocycles. The summed E-state index contributed by atoms with van der Waals surface area (Å²) in [5.41, 5.74) is 4.43. The van der Waals surface area contributed by atoms with Crippen LogP contribution in [0, 0.1) is 5.92 Å². The first-order chi connectivity index (χ1) is 10.8. The van der Waals surface area contributed by atoms with E-state index in [0.717, 1.165) is 0 Å². The highest BCUT2D eigenvalue weighted by atomic mass is 14.7. The molecule has 0 saturated heterocycles. The molecule has 0 bridgehead atoms. The zero-order valence-corrected chi connectivity index (χ0v) is 12.8. The Labute approximate surface area is 132 Å². The van der Waals surface area contributed by atoms with E-state index in [4.69, 9.17) is 0 Å². The lowest BCUT2D eigenvalue weighted by Gasteiger charge is -2.20. The summed E-state index contributed by atoms with van der Waals surface area (Å²) in [6.07, 6.45) is 0. The summed E-state index contributed by atoms with van der Waals surface area (Å²) in [6, 6.07) is 32.9. The summed E-state index contributed by atoms with van der Waals surface area (Å²) in [4.78, 5) is 0. The Morgan fingerprint density at radius 3 is 1.45 bits per heavy atom. The fraction of sp³-hybridized carbons (Fsp3) is 0.182. The van der Waals surface area contributed by atoms with E-state index >= 15 is 0 Å². The molecule has 0 spiro atoms. The average molecular weight is 284 g/mol. The van der Waals surface area contributed by atoms with E-state index in [0.29, 0.717) is 11.8 Å². The third-order valence-corrected chi connectivity index (χ3v) is 5.26. The van der Waals surface area contributed by atoms with Gasteiger partial charge in [0, 0.05) is 11.3 Å². The topological polar surface area (TPSA) is 0 Å². The fourth-order valence-corrected chi connectivity index (χ4v) is 4.25. The van der Waals surface area contributed by atoms with Gasteiger partial charge in [-0.3, -0.25) is 0 Å². The summed E-state index contributed by atoms with van der Waals surface area (Å²) >= 11 is 0. The van der Waals surface area contributed by atoms with Crippen LogP contribution in [0.5, 0.6) is 0 Å². The molecule has 2 atom stereocenters. The van der Waals surface area contributed by atoms with Gasteiger partial charge in [0.05, 0.1) is 0 Å². The molecule has 0 radical (unpaired) electrons. The molecule has 0 heteroatoms. The molecule has 0 heterocycles. The second kappa shape index (κ2) is 5.14. The molecule has 0 N–H and O–H groups in total. The van der Waals surface area contributed by atoms with Crippen molar-refractivity contribution in [1.82, 2.24) is 0 Å². The van der Waals surface area contributed by atoms with Gasteiger partial charge in [-0.2, -0.15) is 0 Å². The Balaban J connectivity index is 1.89. The smallest absolute Gasteiger partial charge is 0.0306 e. The van der Waals surface area contributed by atoms with Gasteiger partial charge in [0.2, 0.25) is 0 Å². The first-order valence-corrected chi connectivity index (χ1v) is 8.01. The van der Waals surface area contributed by atoms with Crippen molar-refractivity contribution >= 4 is 0 Å². The predicted molar refractivity (Wildman–Crippen MR) is 92.0 cm³/mol. The molecule has 22 heavy (non-hydrogen) atoms. The van der Waals surface area contributed by atoms with Crippen molar-refractivity contribution in [3.05, 3.63) is 108 Å². The average Bonchev–Trinajstić information content (AvgIpc) is 3.24. The van der Waals surface area contributed by atoms with Gasteiger partial charge in [-0.15, -0.1) is 0 Å². The number of rotatable bonds is 3. The zero-order chi connectivity index (χ0) is 15.0. The Bertz CT molecular complexity index is 704. The lowest BCUT2D eigenvalue weighted by atomic mass is 9.83. The molecule has 1 aliphatic carbocycles. The minimum atomic E-state index is 0.115. The van der Waals surface area contributed by atoms with Crippen LogP contribution in [0.4, 0.5) is 0 Å². The largest absolute Gasteiger partial charge is 0.0622 e.